The minimum absolute atomic E-state index is 0.170. The Labute approximate surface area is 392 Å². The number of para-hydroxylation sites is 1. The van der Waals surface area contributed by atoms with E-state index in [9.17, 15) is 0 Å². The predicted octanol–water partition coefficient (Wildman–Crippen LogP) is 17.7. The summed E-state index contributed by atoms with van der Waals surface area (Å²) in [6.07, 6.45) is 0. The molecule has 0 bridgehead atoms. The van der Waals surface area contributed by atoms with Crippen molar-refractivity contribution in [3.05, 3.63) is 246 Å². The Morgan fingerprint density at radius 3 is 1.63 bits per heavy atom. The lowest BCUT2D eigenvalue weighted by molar-refractivity contribution is 0.660. The molecule has 0 radical (unpaired) electrons. The topological polar surface area (TPSA) is 16.4 Å². The first-order chi connectivity index (χ1) is 33.0. The first-order valence-electron chi connectivity index (χ1n) is 23.3. The van der Waals surface area contributed by atoms with Gasteiger partial charge >= 0.3 is 0 Å². The van der Waals surface area contributed by atoms with E-state index < -0.39 is 5.41 Å². The van der Waals surface area contributed by atoms with Crippen LogP contribution >= 0.6 is 11.3 Å². The second-order valence-corrected chi connectivity index (χ2v) is 20.1. The lowest BCUT2D eigenvalue weighted by Gasteiger charge is -2.36. The Kier molecular flexibility index (Phi) is 7.41. The van der Waals surface area contributed by atoms with Gasteiger partial charge in [0.25, 0.3) is 0 Å². The monoisotopic (exact) mass is 871 g/mol. The van der Waals surface area contributed by atoms with Gasteiger partial charge in [0, 0.05) is 65.1 Å². The van der Waals surface area contributed by atoms with E-state index in [0.717, 1.165) is 39.0 Å². The molecule has 3 aliphatic carbocycles. The first kappa shape index (κ1) is 37.3. The molecule has 0 aliphatic heterocycles. The third-order valence-corrected chi connectivity index (χ3v) is 16.7. The second kappa shape index (κ2) is 13.3. The third-order valence-electron chi connectivity index (χ3n) is 15.5. The zero-order chi connectivity index (χ0) is 44.2. The van der Waals surface area contributed by atoms with Gasteiger partial charge in [-0.05, 0) is 121 Å². The Morgan fingerprint density at radius 1 is 0.358 bits per heavy atom. The number of thiophene rings is 1. The van der Waals surface area contributed by atoms with Gasteiger partial charge in [-0.3, -0.25) is 0 Å². The number of rotatable bonds is 3. The van der Waals surface area contributed by atoms with Crippen LogP contribution in [0.5, 0.6) is 0 Å². The van der Waals surface area contributed by atoms with Gasteiger partial charge in [-0.1, -0.05) is 172 Å². The molecular formula is C64H41NOS. The summed E-state index contributed by atoms with van der Waals surface area (Å²) in [5, 5.41) is 4.88. The van der Waals surface area contributed by atoms with Crippen molar-refractivity contribution in [1.29, 1.82) is 0 Å². The summed E-state index contributed by atoms with van der Waals surface area (Å²) >= 11 is 1.93. The standard InChI is InChI=1S/C64H41NOS/c1-63(2)52-22-10-5-18-44(52)46-31-28-38(35-56(46)63)65(40-29-32-48-47-19-8-13-25-58(47)66-59(48)37-40)39-27-30-45-42-16-4-3-15-41(42)43-17-6-11-23-53(43)64(57(45)36-39)54-24-12-7-21-51(54)61-55(64)34-33-50-49-20-9-14-26-60(49)67-62(50)61/h3-37H,1-2H3. The summed E-state index contributed by atoms with van der Waals surface area (Å²) in [5.41, 5.74) is 22.4. The van der Waals surface area contributed by atoms with E-state index in [1.54, 1.807) is 0 Å². The molecule has 0 fully saturated rings. The number of fused-ring (bicyclic) bond motifs is 22. The fourth-order valence-corrected chi connectivity index (χ4v) is 13.9. The van der Waals surface area contributed by atoms with Gasteiger partial charge in [-0.25, -0.2) is 0 Å². The third kappa shape index (κ3) is 4.84. The summed E-state index contributed by atoms with van der Waals surface area (Å²) in [6.45, 7) is 4.74. The van der Waals surface area contributed by atoms with E-state index in [-0.39, 0.29) is 5.41 Å². The summed E-state index contributed by atoms with van der Waals surface area (Å²) in [7, 11) is 0. The van der Waals surface area contributed by atoms with Crippen molar-refractivity contribution in [2.45, 2.75) is 24.7 Å². The van der Waals surface area contributed by atoms with Crippen molar-refractivity contribution in [1.82, 2.24) is 0 Å². The molecule has 1 unspecified atom stereocenters. The fourth-order valence-electron chi connectivity index (χ4n) is 12.6. The zero-order valence-corrected chi connectivity index (χ0v) is 37.8. The Morgan fingerprint density at radius 2 is 0.866 bits per heavy atom. The molecule has 0 saturated carbocycles. The minimum atomic E-state index is -0.646. The molecule has 1 atom stereocenters. The van der Waals surface area contributed by atoms with E-state index in [2.05, 4.69) is 231 Å². The van der Waals surface area contributed by atoms with Crippen LogP contribution in [0.3, 0.4) is 0 Å². The van der Waals surface area contributed by atoms with Crippen LogP contribution < -0.4 is 4.90 Å². The predicted molar refractivity (Wildman–Crippen MR) is 281 cm³/mol. The second-order valence-electron chi connectivity index (χ2n) is 19.1. The highest BCUT2D eigenvalue weighted by Gasteiger charge is 2.51. The molecule has 0 N–H and O–H groups in total. The molecule has 12 aromatic rings. The molecule has 0 amide bonds. The average molecular weight is 872 g/mol. The van der Waals surface area contributed by atoms with Gasteiger partial charge in [0.2, 0.25) is 0 Å². The highest BCUT2D eigenvalue weighted by atomic mass is 32.1. The SMILES string of the molecule is CC1(C)c2ccccc2-c2ccc(N(c3ccc4c(c3)C3(c5ccccc5-c5ccccc5-4)c4ccccc4-c4c3ccc3c4sc4ccccc43)c3ccc4c(c3)oc3ccccc34)cc21. The molecule has 3 heteroatoms. The quantitative estimate of drug-likeness (QED) is 0.176. The van der Waals surface area contributed by atoms with E-state index in [1.165, 1.54) is 98.1 Å². The normalized spacial score (nSPS) is 15.8. The molecule has 10 aromatic carbocycles. The van der Waals surface area contributed by atoms with Crippen LogP contribution in [0.2, 0.25) is 0 Å². The molecule has 1 spiro atoms. The van der Waals surface area contributed by atoms with Crippen LogP contribution in [0.4, 0.5) is 17.1 Å². The molecule has 67 heavy (non-hydrogen) atoms. The largest absolute Gasteiger partial charge is 0.456 e. The molecule has 0 saturated heterocycles. The van der Waals surface area contributed by atoms with Gasteiger partial charge < -0.3 is 9.32 Å². The number of hydrogen-bond donors (Lipinski definition) is 0. The van der Waals surface area contributed by atoms with Gasteiger partial charge in [0.05, 0.1) is 5.41 Å². The van der Waals surface area contributed by atoms with Crippen molar-refractivity contribution in [3.8, 4) is 44.5 Å². The molecule has 3 aliphatic rings. The Hall–Kier alpha value is -7.98. The molecule has 2 nitrogen and oxygen atoms in total. The van der Waals surface area contributed by atoms with Gasteiger partial charge in [0.15, 0.2) is 0 Å². The summed E-state index contributed by atoms with van der Waals surface area (Å²) in [6, 6.07) is 79.8. The fraction of sp³-hybridized carbons (Fsp3) is 0.0625. The van der Waals surface area contributed by atoms with Crippen LogP contribution in [0.15, 0.2) is 217 Å². The number of furan rings is 1. The van der Waals surface area contributed by atoms with Crippen LogP contribution in [0.1, 0.15) is 47.2 Å². The van der Waals surface area contributed by atoms with Gasteiger partial charge in [0.1, 0.15) is 11.2 Å². The van der Waals surface area contributed by atoms with Crippen LogP contribution in [0.25, 0.3) is 86.6 Å². The maximum absolute atomic E-state index is 6.64. The average Bonchev–Trinajstić information content (AvgIpc) is 4.07. The van der Waals surface area contributed by atoms with Crippen molar-refractivity contribution in [3.63, 3.8) is 0 Å². The van der Waals surface area contributed by atoms with E-state index in [0.29, 0.717) is 0 Å². The van der Waals surface area contributed by atoms with Crippen molar-refractivity contribution in [2.24, 2.45) is 0 Å². The highest BCUT2D eigenvalue weighted by Crippen LogP contribution is 2.64. The first-order valence-corrected chi connectivity index (χ1v) is 24.1. The summed E-state index contributed by atoms with van der Waals surface area (Å²) in [4.78, 5) is 2.47. The van der Waals surface area contributed by atoms with Gasteiger partial charge in [-0.2, -0.15) is 0 Å². The number of benzene rings is 10. The summed E-state index contributed by atoms with van der Waals surface area (Å²) < 4.78 is 9.30. The van der Waals surface area contributed by atoms with Crippen molar-refractivity contribution >= 4 is 70.5 Å². The highest BCUT2D eigenvalue weighted by molar-refractivity contribution is 7.26. The maximum atomic E-state index is 6.64. The van der Waals surface area contributed by atoms with Crippen molar-refractivity contribution < 1.29 is 4.42 Å². The lowest BCUT2D eigenvalue weighted by atomic mass is 9.65. The molecular weight excluding hydrogens is 831 g/mol. The number of nitrogens with zero attached hydrogens (tertiary/aromatic N) is 1. The molecule has 2 aromatic heterocycles. The lowest BCUT2D eigenvalue weighted by Crippen LogP contribution is -2.29. The van der Waals surface area contributed by atoms with Crippen LogP contribution in [-0.2, 0) is 10.8 Å². The van der Waals surface area contributed by atoms with Gasteiger partial charge in [-0.15, -0.1) is 11.3 Å². The smallest absolute Gasteiger partial charge is 0.137 e. The number of anilines is 3. The van der Waals surface area contributed by atoms with E-state index in [1.807, 2.05) is 11.3 Å². The minimum Gasteiger partial charge on any atom is -0.456 e. The van der Waals surface area contributed by atoms with E-state index in [4.69, 9.17) is 4.42 Å². The molecule has 15 rings (SSSR count). The Balaban J connectivity index is 1.06. The zero-order valence-electron chi connectivity index (χ0n) is 37.0. The molecule has 2 heterocycles. The Bertz CT molecular complexity index is 4110. The van der Waals surface area contributed by atoms with Crippen LogP contribution in [-0.4, -0.2) is 0 Å². The van der Waals surface area contributed by atoms with Crippen molar-refractivity contribution in [2.75, 3.05) is 4.90 Å². The number of hydrogen-bond acceptors (Lipinski definition) is 3. The molecule has 314 valence electrons. The maximum Gasteiger partial charge on any atom is 0.137 e. The van der Waals surface area contributed by atoms with Crippen LogP contribution in [0, 0.1) is 0 Å². The summed E-state index contributed by atoms with van der Waals surface area (Å²) in [5.74, 6) is 0. The van der Waals surface area contributed by atoms with E-state index >= 15 is 0 Å².